The number of hydrogen-bond donors (Lipinski definition) is 2. The van der Waals surface area contributed by atoms with Crippen molar-refractivity contribution >= 4 is 11.6 Å². The monoisotopic (exact) mass is 370 g/mol. The average molecular weight is 370 g/mol. The van der Waals surface area contributed by atoms with Crippen molar-refractivity contribution in [3.63, 3.8) is 0 Å². The van der Waals surface area contributed by atoms with E-state index in [2.05, 4.69) is 19.8 Å². The highest BCUT2D eigenvalue weighted by atomic mass is 19.3. The molecule has 0 bridgehead atoms. The number of carbonyl (C=O) groups is 1. The first kappa shape index (κ1) is 16.8. The first-order chi connectivity index (χ1) is 12.9. The molecule has 0 atom stereocenters. The third-order valence-electron chi connectivity index (χ3n) is 3.90. The molecule has 1 aliphatic rings. The van der Waals surface area contributed by atoms with E-state index in [1.54, 1.807) is 6.07 Å². The Hall–Kier alpha value is -3.68. The SMILES string of the molecule is O=C(Nc1ccc2c(c1)OC(F)(F)O2)c1ccc(-c2ccccc2)[nH]c1=O. The lowest BCUT2D eigenvalue weighted by atomic mass is 10.1. The van der Waals surface area contributed by atoms with Gasteiger partial charge in [-0.3, -0.25) is 9.59 Å². The Morgan fingerprint density at radius 3 is 2.44 bits per heavy atom. The Morgan fingerprint density at radius 1 is 0.963 bits per heavy atom. The minimum Gasteiger partial charge on any atom is -0.395 e. The lowest BCUT2D eigenvalue weighted by molar-refractivity contribution is -0.286. The summed E-state index contributed by atoms with van der Waals surface area (Å²) in [7, 11) is 0. The molecule has 1 aliphatic heterocycles. The van der Waals surface area contributed by atoms with Gasteiger partial charge in [0, 0.05) is 17.4 Å². The molecular formula is C19H12F2N2O4. The summed E-state index contributed by atoms with van der Waals surface area (Å²) in [5.41, 5.74) is 0.881. The minimum atomic E-state index is -3.74. The Morgan fingerprint density at radius 2 is 1.70 bits per heavy atom. The van der Waals surface area contributed by atoms with Gasteiger partial charge in [-0.05, 0) is 29.8 Å². The van der Waals surface area contributed by atoms with Crippen molar-refractivity contribution in [1.82, 2.24) is 4.98 Å². The maximum atomic E-state index is 13.0. The van der Waals surface area contributed by atoms with Gasteiger partial charge in [0.05, 0.1) is 0 Å². The summed E-state index contributed by atoms with van der Waals surface area (Å²) in [6, 6.07) is 16.0. The van der Waals surface area contributed by atoms with Gasteiger partial charge in [0.1, 0.15) is 5.56 Å². The van der Waals surface area contributed by atoms with E-state index in [4.69, 9.17) is 0 Å². The van der Waals surface area contributed by atoms with Gasteiger partial charge in [0.25, 0.3) is 11.5 Å². The van der Waals surface area contributed by atoms with Crippen molar-refractivity contribution in [2.24, 2.45) is 0 Å². The number of fused-ring (bicyclic) bond motifs is 1. The highest BCUT2D eigenvalue weighted by Crippen LogP contribution is 2.42. The fraction of sp³-hybridized carbons (Fsp3) is 0.0526. The van der Waals surface area contributed by atoms with Gasteiger partial charge in [-0.2, -0.15) is 0 Å². The Balaban J connectivity index is 1.55. The van der Waals surface area contributed by atoms with E-state index in [0.29, 0.717) is 5.69 Å². The van der Waals surface area contributed by atoms with Crippen LogP contribution in [0.1, 0.15) is 10.4 Å². The number of aromatic amines is 1. The molecule has 0 unspecified atom stereocenters. The van der Waals surface area contributed by atoms with Gasteiger partial charge in [0.2, 0.25) is 0 Å². The van der Waals surface area contributed by atoms with Crippen LogP contribution in [0.2, 0.25) is 0 Å². The van der Waals surface area contributed by atoms with E-state index < -0.39 is 17.8 Å². The van der Waals surface area contributed by atoms with Gasteiger partial charge >= 0.3 is 6.29 Å². The third kappa shape index (κ3) is 3.37. The van der Waals surface area contributed by atoms with Crippen molar-refractivity contribution in [2.45, 2.75) is 6.29 Å². The summed E-state index contributed by atoms with van der Waals surface area (Å²) in [5, 5.41) is 2.48. The predicted molar refractivity (Wildman–Crippen MR) is 93.1 cm³/mol. The van der Waals surface area contributed by atoms with Crippen molar-refractivity contribution in [3.05, 3.63) is 76.6 Å². The van der Waals surface area contributed by atoms with E-state index in [9.17, 15) is 18.4 Å². The van der Waals surface area contributed by atoms with E-state index in [0.717, 1.165) is 5.56 Å². The lowest BCUT2D eigenvalue weighted by Crippen LogP contribution is -2.26. The first-order valence-corrected chi connectivity index (χ1v) is 7.91. The van der Waals surface area contributed by atoms with Gasteiger partial charge in [0.15, 0.2) is 11.5 Å². The number of benzene rings is 2. The molecule has 0 spiro atoms. The van der Waals surface area contributed by atoms with Crippen LogP contribution < -0.4 is 20.3 Å². The molecule has 0 saturated carbocycles. The Bertz CT molecular complexity index is 1080. The van der Waals surface area contributed by atoms with Crippen LogP contribution in [0.4, 0.5) is 14.5 Å². The normalized spacial score (nSPS) is 14.0. The fourth-order valence-electron chi connectivity index (χ4n) is 2.66. The minimum absolute atomic E-state index is 0.113. The molecule has 136 valence electrons. The molecule has 4 rings (SSSR count). The molecule has 1 aromatic heterocycles. The second kappa shape index (κ2) is 6.24. The number of anilines is 1. The number of hydrogen-bond acceptors (Lipinski definition) is 4. The fourth-order valence-corrected chi connectivity index (χ4v) is 2.66. The summed E-state index contributed by atoms with van der Waals surface area (Å²) in [6.45, 7) is 0. The summed E-state index contributed by atoms with van der Waals surface area (Å²) in [5.74, 6) is -1.02. The molecule has 0 fully saturated rings. The van der Waals surface area contributed by atoms with Crippen molar-refractivity contribution in [2.75, 3.05) is 5.32 Å². The summed E-state index contributed by atoms with van der Waals surface area (Å²) < 4.78 is 34.7. The highest BCUT2D eigenvalue weighted by Gasteiger charge is 2.43. The van der Waals surface area contributed by atoms with Crippen LogP contribution >= 0.6 is 0 Å². The predicted octanol–water partition coefficient (Wildman–Crippen LogP) is 3.62. The van der Waals surface area contributed by atoms with Crippen LogP contribution in [0.5, 0.6) is 11.5 Å². The standard InChI is InChI=1S/C19H12F2N2O4/c20-19(21)26-15-9-6-12(10-16(15)27-19)22-17(24)13-7-8-14(23-18(13)25)11-4-2-1-3-5-11/h1-10H,(H,22,24)(H,23,25). The number of rotatable bonds is 3. The van der Waals surface area contributed by atoms with Crippen molar-refractivity contribution in [1.29, 1.82) is 0 Å². The molecule has 0 radical (unpaired) electrons. The van der Waals surface area contributed by atoms with Gasteiger partial charge in [-0.1, -0.05) is 30.3 Å². The van der Waals surface area contributed by atoms with Crippen molar-refractivity contribution < 1.29 is 23.0 Å². The molecule has 6 nitrogen and oxygen atoms in total. The molecule has 0 aliphatic carbocycles. The zero-order valence-electron chi connectivity index (χ0n) is 13.7. The lowest BCUT2D eigenvalue weighted by Gasteiger charge is -2.07. The molecule has 27 heavy (non-hydrogen) atoms. The van der Waals surface area contributed by atoms with Crippen LogP contribution in [0, 0.1) is 0 Å². The maximum absolute atomic E-state index is 13.0. The van der Waals surface area contributed by atoms with Gasteiger partial charge < -0.3 is 19.8 Å². The zero-order valence-corrected chi connectivity index (χ0v) is 13.7. The quantitative estimate of drug-likeness (QED) is 0.738. The van der Waals surface area contributed by atoms with Crippen LogP contribution in [-0.2, 0) is 0 Å². The smallest absolute Gasteiger partial charge is 0.395 e. The second-order valence-electron chi connectivity index (χ2n) is 5.76. The molecular weight excluding hydrogens is 358 g/mol. The number of aromatic nitrogens is 1. The van der Waals surface area contributed by atoms with Crippen LogP contribution in [0.15, 0.2) is 65.5 Å². The summed E-state index contributed by atoms with van der Waals surface area (Å²) in [4.78, 5) is 27.3. The van der Waals surface area contributed by atoms with Gasteiger partial charge in [-0.15, -0.1) is 8.78 Å². The molecule has 2 N–H and O–H groups in total. The zero-order chi connectivity index (χ0) is 19.0. The van der Waals surface area contributed by atoms with Crippen LogP contribution in [-0.4, -0.2) is 17.2 Å². The van der Waals surface area contributed by atoms with E-state index in [-0.39, 0.29) is 22.7 Å². The van der Waals surface area contributed by atoms with Crippen molar-refractivity contribution in [3.8, 4) is 22.8 Å². The molecule has 2 aromatic carbocycles. The number of amides is 1. The number of ether oxygens (including phenoxy) is 2. The maximum Gasteiger partial charge on any atom is 0.586 e. The van der Waals surface area contributed by atoms with Gasteiger partial charge in [-0.25, -0.2) is 0 Å². The number of nitrogens with one attached hydrogen (secondary N) is 2. The second-order valence-corrected chi connectivity index (χ2v) is 5.76. The first-order valence-electron chi connectivity index (χ1n) is 7.91. The number of halogens is 2. The molecule has 0 saturated heterocycles. The Kier molecular flexibility index (Phi) is 3.88. The number of alkyl halides is 2. The average Bonchev–Trinajstić information content (AvgIpc) is 2.95. The third-order valence-corrected chi connectivity index (χ3v) is 3.90. The molecule has 3 aromatic rings. The topological polar surface area (TPSA) is 80.4 Å². The van der Waals surface area contributed by atoms with Crippen LogP contribution in [0.25, 0.3) is 11.3 Å². The van der Waals surface area contributed by atoms with E-state index in [1.807, 2.05) is 30.3 Å². The summed E-state index contributed by atoms with van der Waals surface area (Å²) >= 11 is 0. The molecule has 1 amide bonds. The Labute approximate surface area is 151 Å². The number of pyridine rings is 1. The summed E-state index contributed by atoms with van der Waals surface area (Å²) in [6.07, 6.45) is -3.74. The van der Waals surface area contributed by atoms with E-state index >= 15 is 0 Å². The highest BCUT2D eigenvalue weighted by molar-refractivity contribution is 6.04. The van der Waals surface area contributed by atoms with E-state index in [1.165, 1.54) is 24.3 Å². The largest absolute Gasteiger partial charge is 0.586 e. The molecule has 2 heterocycles. The molecule has 8 heteroatoms. The number of H-pyrrole nitrogens is 1. The number of carbonyl (C=O) groups excluding carboxylic acids is 1. The van der Waals surface area contributed by atoms with Crippen LogP contribution in [0.3, 0.4) is 0 Å².